The first-order valence-electron chi connectivity index (χ1n) is 5.62. The van der Waals surface area contributed by atoms with Gasteiger partial charge in [-0.3, -0.25) is 0 Å². The van der Waals surface area contributed by atoms with Gasteiger partial charge in [0.05, 0.1) is 5.02 Å². The van der Waals surface area contributed by atoms with Crippen molar-refractivity contribution >= 4 is 43.5 Å². The molecule has 0 aliphatic carbocycles. The van der Waals surface area contributed by atoms with Gasteiger partial charge < -0.3 is 5.73 Å². The monoisotopic (exact) mass is 405 g/mol. The van der Waals surface area contributed by atoms with Crippen LogP contribution in [0.25, 0.3) is 0 Å². The fraction of sp³-hybridized carbons (Fsp3) is 0.143. The molecule has 0 heterocycles. The minimum absolute atomic E-state index is 0.348. The van der Waals surface area contributed by atoms with Gasteiger partial charge in [0.1, 0.15) is 5.82 Å². The van der Waals surface area contributed by atoms with Crippen molar-refractivity contribution in [2.24, 2.45) is 5.73 Å². The lowest BCUT2D eigenvalue weighted by atomic mass is 9.99. The van der Waals surface area contributed by atoms with Crippen molar-refractivity contribution in [2.45, 2.75) is 12.5 Å². The van der Waals surface area contributed by atoms with Crippen LogP contribution in [0.15, 0.2) is 45.3 Å². The highest BCUT2D eigenvalue weighted by Gasteiger charge is 2.14. The Bertz CT molecular complexity index is 604. The van der Waals surface area contributed by atoms with Crippen LogP contribution in [0.4, 0.5) is 4.39 Å². The molecule has 0 aliphatic rings. The maximum atomic E-state index is 13.9. The van der Waals surface area contributed by atoms with E-state index in [2.05, 4.69) is 31.9 Å². The van der Waals surface area contributed by atoms with Gasteiger partial charge in [-0.1, -0.05) is 39.7 Å². The van der Waals surface area contributed by atoms with Crippen LogP contribution in [0.3, 0.4) is 0 Å². The Kier molecular flexibility index (Phi) is 5.01. The zero-order chi connectivity index (χ0) is 14.0. The molecule has 0 aliphatic heterocycles. The highest BCUT2D eigenvalue weighted by molar-refractivity contribution is 9.10. The summed E-state index contributed by atoms with van der Waals surface area (Å²) in [5.41, 5.74) is 7.53. The number of nitrogens with two attached hydrogens (primary N) is 1. The summed E-state index contributed by atoms with van der Waals surface area (Å²) in [5, 5.41) is 0.459. The molecule has 0 fully saturated rings. The Hall–Kier alpha value is -0.420. The average molecular weight is 408 g/mol. The molecule has 0 amide bonds. The third-order valence-electron chi connectivity index (χ3n) is 2.78. The predicted octanol–water partition coefficient (Wildman–Crippen LogP) is 5.25. The van der Waals surface area contributed by atoms with Crippen molar-refractivity contribution in [2.75, 3.05) is 0 Å². The van der Waals surface area contributed by atoms with E-state index in [1.165, 1.54) is 6.07 Å². The predicted molar refractivity (Wildman–Crippen MR) is 83.9 cm³/mol. The molecule has 5 heteroatoms. The summed E-state index contributed by atoms with van der Waals surface area (Å²) in [4.78, 5) is 0. The largest absolute Gasteiger partial charge is 0.324 e. The fourth-order valence-corrected chi connectivity index (χ4v) is 2.78. The van der Waals surface area contributed by atoms with Gasteiger partial charge in [0.25, 0.3) is 0 Å². The van der Waals surface area contributed by atoms with Crippen LogP contribution in [0.5, 0.6) is 0 Å². The number of rotatable bonds is 3. The van der Waals surface area contributed by atoms with E-state index >= 15 is 0 Å². The molecule has 0 spiro atoms. The van der Waals surface area contributed by atoms with E-state index in [-0.39, 0.29) is 5.82 Å². The summed E-state index contributed by atoms with van der Waals surface area (Å²) in [6.45, 7) is 0. The van der Waals surface area contributed by atoms with Crippen molar-refractivity contribution in [3.8, 4) is 0 Å². The summed E-state index contributed by atoms with van der Waals surface area (Å²) in [6, 6.07) is 10.3. The fourth-order valence-electron chi connectivity index (χ4n) is 1.85. The second kappa shape index (κ2) is 6.35. The maximum absolute atomic E-state index is 13.9. The smallest absolute Gasteiger partial charge is 0.129 e. The van der Waals surface area contributed by atoms with Crippen LogP contribution in [0.1, 0.15) is 17.2 Å². The minimum atomic E-state index is -0.431. The molecule has 1 nitrogen and oxygen atoms in total. The molecule has 0 aromatic heterocycles. The van der Waals surface area contributed by atoms with Crippen LogP contribution in [0.2, 0.25) is 5.02 Å². The zero-order valence-corrected chi connectivity index (χ0v) is 13.8. The van der Waals surface area contributed by atoms with Crippen molar-refractivity contribution in [1.29, 1.82) is 0 Å². The highest BCUT2D eigenvalue weighted by Crippen LogP contribution is 2.29. The summed E-state index contributed by atoms with van der Waals surface area (Å²) in [5.74, 6) is -0.348. The maximum Gasteiger partial charge on any atom is 0.129 e. The summed E-state index contributed by atoms with van der Waals surface area (Å²) in [7, 11) is 0. The number of hydrogen-bond donors (Lipinski definition) is 1. The van der Waals surface area contributed by atoms with E-state index in [1.807, 2.05) is 24.3 Å². The third kappa shape index (κ3) is 3.78. The molecule has 19 heavy (non-hydrogen) atoms. The first kappa shape index (κ1) is 15.0. The van der Waals surface area contributed by atoms with Crippen LogP contribution in [-0.4, -0.2) is 0 Å². The average Bonchev–Trinajstić information content (AvgIpc) is 2.33. The van der Waals surface area contributed by atoms with E-state index in [0.717, 1.165) is 10.0 Å². The zero-order valence-electron chi connectivity index (χ0n) is 9.84. The molecule has 2 N–H and O–H groups in total. The number of halogens is 4. The van der Waals surface area contributed by atoms with Gasteiger partial charge >= 0.3 is 0 Å². The third-order valence-corrected chi connectivity index (χ3v) is 4.47. The van der Waals surface area contributed by atoms with Crippen LogP contribution >= 0.6 is 43.5 Å². The lowest BCUT2D eigenvalue weighted by Gasteiger charge is -2.14. The lowest BCUT2D eigenvalue weighted by molar-refractivity contribution is 0.579. The van der Waals surface area contributed by atoms with E-state index in [9.17, 15) is 4.39 Å². The van der Waals surface area contributed by atoms with Gasteiger partial charge in [0.2, 0.25) is 0 Å². The molecule has 0 saturated heterocycles. The van der Waals surface area contributed by atoms with E-state index in [4.69, 9.17) is 17.3 Å². The number of hydrogen-bond acceptors (Lipinski definition) is 1. The Labute approximate surface area is 133 Å². The van der Waals surface area contributed by atoms with Crippen LogP contribution < -0.4 is 5.73 Å². The molecule has 100 valence electrons. The molecule has 0 bridgehead atoms. The molecule has 0 radical (unpaired) electrons. The molecule has 1 atom stereocenters. The van der Waals surface area contributed by atoms with Gasteiger partial charge in [0.15, 0.2) is 0 Å². The van der Waals surface area contributed by atoms with E-state index < -0.39 is 6.04 Å². The normalized spacial score (nSPS) is 12.5. The molecule has 2 aromatic carbocycles. The Morgan fingerprint density at radius 1 is 1.21 bits per heavy atom. The van der Waals surface area contributed by atoms with Crippen molar-refractivity contribution < 1.29 is 4.39 Å². The molecule has 1 unspecified atom stereocenters. The Morgan fingerprint density at radius 3 is 2.63 bits per heavy atom. The van der Waals surface area contributed by atoms with Crippen LogP contribution in [0, 0.1) is 5.82 Å². The van der Waals surface area contributed by atoms with Crippen LogP contribution in [-0.2, 0) is 6.42 Å². The molecule has 2 rings (SSSR count). The first-order chi connectivity index (χ1) is 8.97. The number of benzene rings is 2. The van der Waals surface area contributed by atoms with Gasteiger partial charge in [-0.05, 0) is 52.2 Å². The second-order valence-corrected chi connectivity index (χ2v) is 6.41. The summed E-state index contributed by atoms with van der Waals surface area (Å²) < 4.78 is 15.4. The Balaban J connectivity index is 2.25. The minimum Gasteiger partial charge on any atom is -0.324 e. The van der Waals surface area contributed by atoms with Gasteiger partial charge in [-0.25, -0.2) is 4.39 Å². The van der Waals surface area contributed by atoms with Crippen molar-refractivity contribution in [1.82, 2.24) is 0 Å². The quantitative estimate of drug-likeness (QED) is 0.692. The summed E-state index contributed by atoms with van der Waals surface area (Å²) in [6.07, 6.45) is 0.550. The highest BCUT2D eigenvalue weighted by atomic mass is 79.9. The van der Waals surface area contributed by atoms with Gasteiger partial charge in [-0.2, -0.15) is 0 Å². The van der Waals surface area contributed by atoms with Crippen molar-refractivity contribution in [3.63, 3.8) is 0 Å². The van der Waals surface area contributed by atoms with Gasteiger partial charge in [0, 0.05) is 20.6 Å². The summed E-state index contributed by atoms with van der Waals surface area (Å²) >= 11 is 12.6. The van der Waals surface area contributed by atoms with E-state index in [1.54, 1.807) is 6.07 Å². The van der Waals surface area contributed by atoms with E-state index in [0.29, 0.717) is 21.5 Å². The van der Waals surface area contributed by atoms with Gasteiger partial charge in [-0.15, -0.1) is 0 Å². The molecule has 0 saturated carbocycles. The molecular weight excluding hydrogens is 396 g/mol. The molecule has 2 aromatic rings. The SMILES string of the molecule is NC(Cc1cccc(Br)c1)c1cc(Cl)c(Br)cc1F. The second-order valence-electron chi connectivity index (χ2n) is 4.23. The molecular formula is C14H11Br2ClFN. The van der Waals surface area contributed by atoms with Crippen molar-refractivity contribution in [3.05, 3.63) is 67.3 Å². The standard InChI is InChI=1S/C14H11Br2ClFN/c15-9-3-1-2-8(4-9)5-14(19)10-6-12(17)11(16)7-13(10)18/h1-4,6-7,14H,5,19H2. The lowest BCUT2D eigenvalue weighted by Crippen LogP contribution is -2.15. The first-order valence-corrected chi connectivity index (χ1v) is 7.58. The topological polar surface area (TPSA) is 26.0 Å². The Morgan fingerprint density at radius 2 is 1.95 bits per heavy atom.